The third-order valence-electron chi connectivity index (χ3n) is 4.27. The number of fused-ring (bicyclic) bond motifs is 1. The molecule has 19 heavy (non-hydrogen) atoms. The van der Waals surface area contributed by atoms with Gasteiger partial charge in [-0.05, 0) is 46.6 Å². The largest absolute Gasteiger partial charge is 0.325 e. The van der Waals surface area contributed by atoms with E-state index in [1.165, 1.54) is 5.56 Å². The van der Waals surface area contributed by atoms with Crippen molar-refractivity contribution in [1.82, 2.24) is 4.90 Å². The molecule has 3 rings (SSSR count). The van der Waals surface area contributed by atoms with Crippen LogP contribution in [0.1, 0.15) is 46.1 Å². The lowest BCUT2D eigenvalue weighted by molar-refractivity contribution is 0.125. The van der Waals surface area contributed by atoms with E-state index in [1.807, 2.05) is 11.0 Å². The van der Waals surface area contributed by atoms with Gasteiger partial charge in [0, 0.05) is 17.6 Å². The summed E-state index contributed by atoms with van der Waals surface area (Å²) in [7, 11) is 0. The van der Waals surface area contributed by atoms with Crippen LogP contribution >= 0.6 is 0 Å². The van der Waals surface area contributed by atoms with Crippen LogP contribution in [0.15, 0.2) is 24.3 Å². The number of carbonyl (C=O) groups excluding carboxylic acids is 1. The minimum Gasteiger partial charge on any atom is -0.312 e. The molecule has 3 heteroatoms. The molecule has 1 aromatic rings. The minimum absolute atomic E-state index is 0.168. The Hall–Kier alpha value is -1.51. The molecule has 0 saturated heterocycles. The minimum atomic E-state index is -0.208. The molecule has 1 saturated carbocycles. The number of hydrogen-bond acceptors (Lipinski definition) is 1. The molecule has 0 unspecified atom stereocenters. The van der Waals surface area contributed by atoms with Crippen molar-refractivity contribution in [3.63, 3.8) is 0 Å². The van der Waals surface area contributed by atoms with Gasteiger partial charge in [0.25, 0.3) is 0 Å². The van der Waals surface area contributed by atoms with Gasteiger partial charge in [0.2, 0.25) is 0 Å². The summed E-state index contributed by atoms with van der Waals surface area (Å²) in [4.78, 5) is 16.9. The molecule has 1 aromatic carbocycles. The van der Waals surface area contributed by atoms with Crippen LogP contribution in [0.3, 0.4) is 0 Å². The molecule has 0 bridgehead atoms. The molecule has 2 amide bonds. The molecule has 1 fully saturated rings. The molecule has 3 nitrogen and oxygen atoms in total. The van der Waals surface area contributed by atoms with Crippen LogP contribution in [0.2, 0.25) is 0 Å². The topological polar surface area (TPSA) is 23.6 Å². The van der Waals surface area contributed by atoms with Crippen molar-refractivity contribution in [3.05, 3.63) is 29.8 Å². The fourth-order valence-electron chi connectivity index (χ4n) is 3.23. The second kappa shape index (κ2) is 3.99. The number of anilines is 1. The van der Waals surface area contributed by atoms with Crippen LogP contribution in [0, 0.1) is 0 Å². The van der Waals surface area contributed by atoms with Crippen LogP contribution in [0.4, 0.5) is 10.5 Å². The summed E-state index contributed by atoms with van der Waals surface area (Å²) in [6.45, 7) is 8.50. The number of hydrogen-bond donors (Lipinski definition) is 0. The lowest BCUT2D eigenvalue weighted by Gasteiger charge is -2.49. The molecule has 0 spiro atoms. The van der Waals surface area contributed by atoms with Gasteiger partial charge in [-0.15, -0.1) is 0 Å². The van der Waals surface area contributed by atoms with Crippen LogP contribution in [0.25, 0.3) is 0 Å². The molecule has 2 aliphatic rings. The van der Waals surface area contributed by atoms with E-state index >= 15 is 0 Å². The van der Waals surface area contributed by atoms with Crippen LogP contribution in [-0.4, -0.2) is 23.0 Å². The molecular weight excluding hydrogens is 236 g/mol. The van der Waals surface area contributed by atoms with E-state index in [0.29, 0.717) is 6.04 Å². The predicted molar refractivity (Wildman–Crippen MR) is 77.3 cm³/mol. The summed E-state index contributed by atoms with van der Waals surface area (Å²) in [6.07, 6.45) is 2.28. The summed E-state index contributed by atoms with van der Waals surface area (Å²) in [5.74, 6) is 0. The highest BCUT2D eigenvalue weighted by atomic mass is 16.2. The molecule has 0 aromatic heterocycles. The third kappa shape index (κ3) is 1.75. The molecule has 1 aliphatic heterocycles. The normalized spacial score (nSPS) is 21.8. The van der Waals surface area contributed by atoms with Gasteiger partial charge in [-0.2, -0.15) is 0 Å². The van der Waals surface area contributed by atoms with Gasteiger partial charge in [-0.1, -0.05) is 18.2 Å². The van der Waals surface area contributed by atoms with Gasteiger partial charge in [-0.3, -0.25) is 4.90 Å². The predicted octanol–water partition coefficient (Wildman–Crippen LogP) is 3.73. The first-order valence-electron chi connectivity index (χ1n) is 7.16. The smallest absolute Gasteiger partial charge is 0.312 e. The Balaban J connectivity index is 2.17. The zero-order valence-electron chi connectivity index (χ0n) is 12.2. The quantitative estimate of drug-likeness (QED) is 0.792. The van der Waals surface area contributed by atoms with Crippen LogP contribution in [-0.2, 0) is 5.54 Å². The average Bonchev–Trinajstić information content (AvgIpc) is 3.12. The van der Waals surface area contributed by atoms with Crippen molar-refractivity contribution < 1.29 is 4.79 Å². The number of amides is 2. The Bertz CT molecular complexity index is 517. The molecule has 0 atom stereocenters. The Kier molecular flexibility index (Phi) is 2.63. The number of urea groups is 1. The zero-order valence-corrected chi connectivity index (χ0v) is 12.2. The number of para-hydroxylation sites is 1. The molecule has 0 radical (unpaired) electrons. The first kappa shape index (κ1) is 12.5. The highest BCUT2D eigenvalue weighted by molar-refractivity contribution is 5.97. The number of nitrogens with zero attached hydrogens (tertiary/aromatic N) is 2. The molecule has 0 N–H and O–H groups in total. The fourth-order valence-corrected chi connectivity index (χ4v) is 3.23. The van der Waals surface area contributed by atoms with E-state index in [-0.39, 0.29) is 17.6 Å². The summed E-state index contributed by atoms with van der Waals surface area (Å²) in [5, 5.41) is 0. The van der Waals surface area contributed by atoms with Crippen LogP contribution < -0.4 is 4.90 Å². The first-order chi connectivity index (χ1) is 8.94. The van der Waals surface area contributed by atoms with Gasteiger partial charge in [0.1, 0.15) is 0 Å². The van der Waals surface area contributed by atoms with Crippen molar-refractivity contribution in [2.45, 2.75) is 58.2 Å². The van der Waals surface area contributed by atoms with Crippen LogP contribution in [0.5, 0.6) is 0 Å². The fraction of sp³-hybridized carbons (Fsp3) is 0.562. The third-order valence-corrected chi connectivity index (χ3v) is 4.27. The Labute approximate surface area is 115 Å². The average molecular weight is 258 g/mol. The maximum absolute atomic E-state index is 12.9. The number of carbonyl (C=O) groups is 1. The van der Waals surface area contributed by atoms with E-state index in [0.717, 1.165) is 18.5 Å². The summed E-state index contributed by atoms with van der Waals surface area (Å²) in [5.41, 5.74) is 2.12. The highest BCUT2D eigenvalue weighted by Crippen LogP contribution is 2.46. The summed E-state index contributed by atoms with van der Waals surface area (Å²) >= 11 is 0. The Morgan fingerprint density at radius 3 is 2.42 bits per heavy atom. The van der Waals surface area contributed by atoms with E-state index in [4.69, 9.17) is 0 Å². The van der Waals surface area contributed by atoms with Gasteiger partial charge in [0.05, 0.1) is 11.2 Å². The van der Waals surface area contributed by atoms with Crippen molar-refractivity contribution >= 4 is 11.7 Å². The zero-order chi connectivity index (χ0) is 13.8. The summed E-state index contributed by atoms with van der Waals surface area (Å²) < 4.78 is 0. The maximum atomic E-state index is 12.9. The monoisotopic (exact) mass is 258 g/mol. The second-order valence-corrected chi connectivity index (χ2v) is 6.42. The van der Waals surface area contributed by atoms with Gasteiger partial charge >= 0.3 is 6.03 Å². The maximum Gasteiger partial charge on any atom is 0.325 e. The molecule has 102 valence electrons. The van der Waals surface area contributed by atoms with Gasteiger partial charge in [0.15, 0.2) is 0 Å². The standard InChI is InChI=1S/C16H22N2O/c1-11(2)17-14-8-6-5-7-13(14)16(3,4)18(15(17)19)12-9-10-12/h5-8,11-12H,9-10H2,1-4H3. The van der Waals surface area contributed by atoms with E-state index in [1.54, 1.807) is 0 Å². The number of rotatable bonds is 2. The summed E-state index contributed by atoms with van der Waals surface area (Å²) in [6, 6.07) is 9.10. The number of benzene rings is 1. The lowest BCUT2D eigenvalue weighted by atomic mass is 9.87. The SMILES string of the molecule is CC(C)N1C(=O)N(C2CC2)C(C)(C)c2ccccc21. The molecular formula is C16H22N2O. The van der Waals surface area contributed by atoms with E-state index in [2.05, 4.69) is 50.8 Å². The lowest BCUT2D eigenvalue weighted by Crippen LogP contribution is -2.59. The van der Waals surface area contributed by atoms with Crippen molar-refractivity contribution in [2.24, 2.45) is 0 Å². The van der Waals surface area contributed by atoms with E-state index < -0.39 is 0 Å². The Morgan fingerprint density at radius 2 is 1.84 bits per heavy atom. The van der Waals surface area contributed by atoms with Crippen molar-refractivity contribution in [1.29, 1.82) is 0 Å². The van der Waals surface area contributed by atoms with Gasteiger partial charge < -0.3 is 4.90 Å². The first-order valence-corrected chi connectivity index (χ1v) is 7.16. The molecule has 1 heterocycles. The Morgan fingerprint density at radius 1 is 1.21 bits per heavy atom. The second-order valence-electron chi connectivity index (χ2n) is 6.42. The van der Waals surface area contributed by atoms with Crippen molar-refractivity contribution in [2.75, 3.05) is 4.90 Å². The van der Waals surface area contributed by atoms with E-state index in [9.17, 15) is 4.79 Å². The highest BCUT2D eigenvalue weighted by Gasteiger charge is 2.49. The van der Waals surface area contributed by atoms with Gasteiger partial charge in [-0.25, -0.2) is 4.79 Å². The van der Waals surface area contributed by atoms with Crippen molar-refractivity contribution in [3.8, 4) is 0 Å². The molecule has 1 aliphatic carbocycles.